The quantitative estimate of drug-likeness (QED) is 0.733. The molecule has 0 atom stereocenters. The van der Waals surface area contributed by atoms with Gasteiger partial charge >= 0.3 is 0 Å². The van der Waals surface area contributed by atoms with Crippen molar-refractivity contribution >= 4 is 23.1 Å². The Morgan fingerprint density at radius 1 is 0.929 bits per heavy atom. The van der Waals surface area contributed by atoms with Crippen molar-refractivity contribution in [1.29, 1.82) is 0 Å². The van der Waals surface area contributed by atoms with Gasteiger partial charge in [0.2, 0.25) is 5.95 Å². The van der Waals surface area contributed by atoms with E-state index in [0.717, 1.165) is 48.9 Å². The predicted octanol–water partition coefficient (Wildman–Crippen LogP) is 3.26. The zero-order valence-corrected chi connectivity index (χ0v) is 16.2. The summed E-state index contributed by atoms with van der Waals surface area (Å²) in [6, 6.07) is 16.2. The molecule has 0 amide bonds. The van der Waals surface area contributed by atoms with Gasteiger partial charge in [0.25, 0.3) is 0 Å². The van der Waals surface area contributed by atoms with Gasteiger partial charge in [0.05, 0.1) is 19.0 Å². The van der Waals surface area contributed by atoms with Crippen LogP contribution in [0.1, 0.15) is 5.56 Å². The molecule has 144 valence electrons. The maximum absolute atomic E-state index is 5.49. The molecule has 0 bridgehead atoms. The van der Waals surface area contributed by atoms with E-state index >= 15 is 0 Å². The minimum atomic E-state index is 0.651. The number of anilines is 4. The topological polar surface area (TPSA) is 66.4 Å². The third kappa shape index (κ3) is 3.83. The minimum Gasteiger partial charge on any atom is -0.495 e. The molecule has 0 unspecified atom stereocenters. The van der Waals surface area contributed by atoms with Crippen molar-refractivity contribution in [3.63, 3.8) is 0 Å². The van der Waals surface area contributed by atoms with Gasteiger partial charge in [0.1, 0.15) is 5.75 Å². The largest absolute Gasteiger partial charge is 0.495 e. The maximum atomic E-state index is 5.49. The predicted molar refractivity (Wildman–Crippen MR) is 112 cm³/mol. The molecule has 3 aromatic rings. The van der Waals surface area contributed by atoms with E-state index in [1.807, 2.05) is 36.4 Å². The molecule has 0 aliphatic carbocycles. The number of aromatic nitrogens is 3. The van der Waals surface area contributed by atoms with Crippen LogP contribution in [-0.4, -0.2) is 48.5 Å². The van der Waals surface area contributed by atoms with Gasteiger partial charge in [-0.05, 0) is 30.7 Å². The summed E-state index contributed by atoms with van der Waals surface area (Å²) >= 11 is 0. The number of nitrogens with one attached hydrogen (secondary N) is 1. The van der Waals surface area contributed by atoms with Crippen molar-refractivity contribution in [3.8, 4) is 5.75 Å². The number of para-hydroxylation sites is 3. The second-order valence-corrected chi connectivity index (χ2v) is 6.73. The smallest absolute Gasteiger partial charge is 0.247 e. The molecule has 7 heteroatoms. The zero-order chi connectivity index (χ0) is 19.3. The fraction of sp³-hybridized carbons (Fsp3) is 0.286. The molecule has 1 aromatic heterocycles. The number of methoxy groups -OCH3 is 1. The van der Waals surface area contributed by atoms with Crippen molar-refractivity contribution in [2.24, 2.45) is 0 Å². The van der Waals surface area contributed by atoms with Crippen LogP contribution in [0.4, 0.5) is 23.1 Å². The van der Waals surface area contributed by atoms with E-state index in [1.54, 1.807) is 13.3 Å². The number of nitrogens with zero attached hydrogens (tertiary/aromatic N) is 5. The maximum Gasteiger partial charge on any atom is 0.247 e. The van der Waals surface area contributed by atoms with Crippen LogP contribution in [0.15, 0.2) is 54.7 Å². The number of ether oxygens (including phenoxy) is 1. The molecular formula is C21H24N6O. The molecule has 28 heavy (non-hydrogen) atoms. The molecule has 1 N–H and O–H groups in total. The summed E-state index contributed by atoms with van der Waals surface area (Å²) in [5.41, 5.74) is 3.31. The summed E-state index contributed by atoms with van der Waals surface area (Å²) in [5.74, 6) is 2.25. The van der Waals surface area contributed by atoms with E-state index in [-0.39, 0.29) is 0 Å². The highest BCUT2D eigenvalue weighted by molar-refractivity contribution is 5.61. The van der Waals surface area contributed by atoms with E-state index in [0.29, 0.717) is 11.8 Å². The molecular weight excluding hydrogens is 352 g/mol. The fourth-order valence-electron chi connectivity index (χ4n) is 3.38. The molecule has 4 rings (SSSR count). The number of hydrogen-bond donors (Lipinski definition) is 1. The molecule has 1 aliphatic rings. The van der Waals surface area contributed by atoms with Crippen LogP contribution in [0, 0.1) is 6.92 Å². The van der Waals surface area contributed by atoms with Crippen LogP contribution in [0.25, 0.3) is 0 Å². The number of benzene rings is 2. The Morgan fingerprint density at radius 2 is 1.64 bits per heavy atom. The second-order valence-electron chi connectivity index (χ2n) is 6.73. The van der Waals surface area contributed by atoms with Gasteiger partial charge in [0, 0.05) is 31.9 Å². The summed E-state index contributed by atoms with van der Waals surface area (Å²) in [4.78, 5) is 9.16. The lowest BCUT2D eigenvalue weighted by Crippen LogP contribution is -2.47. The van der Waals surface area contributed by atoms with Crippen molar-refractivity contribution in [3.05, 3.63) is 60.3 Å². The Bertz CT molecular complexity index is 939. The highest BCUT2D eigenvalue weighted by atomic mass is 16.5. The average molecular weight is 376 g/mol. The molecule has 1 aliphatic heterocycles. The minimum absolute atomic E-state index is 0.651. The van der Waals surface area contributed by atoms with E-state index in [9.17, 15) is 0 Å². The highest BCUT2D eigenvalue weighted by Crippen LogP contribution is 2.29. The molecule has 1 fully saturated rings. The zero-order valence-electron chi connectivity index (χ0n) is 16.2. The first kappa shape index (κ1) is 18.0. The van der Waals surface area contributed by atoms with E-state index < -0.39 is 0 Å². The molecule has 7 nitrogen and oxygen atoms in total. The van der Waals surface area contributed by atoms with Crippen molar-refractivity contribution in [1.82, 2.24) is 15.2 Å². The van der Waals surface area contributed by atoms with E-state index in [1.165, 1.54) is 0 Å². The number of piperazine rings is 1. The molecule has 2 heterocycles. The van der Waals surface area contributed by atoms with Crippen molar-refractivity contribution in [2.45, 2.75) is 6.92 Å². The van der Waals surface area contributed by atoms with Gasteiger partial charge in [-0.3, -0.25) is 0 Å². The molecule has 0 radical (unpaired) electrons. The van der Waals surface area contributed by atoms with Crippen LogP contribution < -0.4 is 19.9 Å². The van der Waals surface area contributed by atoms with Gasteiger partial charge in [0.15, 0.2) is 5.82 Å². The highest BCUT2D eigenvalue weighted by Gasteiger charge is 2.21. The van der Waals surface area contributed by atoms with Crippen molar-refractivity contribution < 1.29 is 4.74 Å². The Balaban J connectivity index is 1.44. The summed E-state index contributed by atoms with van der Waals surface area (Å²) in [6.45, 7) is 5.47. The lowest BCUT2D eigenvalue weighted by atomic mass is 10.2. The third-order valence-electron chi connectivity index (χ3n) is 4.94. The summed E-state index contributed by atoms with van der Waals surface area (Å²) < 4.78 is 5.49. The molecule has 0 spiro atoms. The second kappa shape index (κ2) is 8.12. The Morgan fingerprint density at radius 3 is 2.43 bits per heavy atom. The van der Waals surface area contributed by atoms with Gasteiger partial charge in [-0.25, -0.2) is 0 Å². The molecule has 2 aromatic carbocycles. The van der Waals surface area contributed by atoms with Crippen LogP contribution in [0.3, 0.4) is 0 Å². The van der Waals surface area contributed by atoms with Crippen molar-refractivity contribution in [2.75, 3.05) is 48.4 Å². The standard InChI is InChI=1S/C21H24N6O/c1-16-7-3-4-8-17(16)23-20-15-22-25-21(24-20)27-13-11-26(12-14-27)18-9-5-6-10-19(18)28-2/h3-10,15H,11-14H2,1-2H3,(H,23,24,25). The number of aryl methyl sites for hydroxylation is 1. The normalized spacial score (nSPS) is 14.1. The Labute approximate surface area is 165 Å². The van der Waals surface area contributed by atoms with E-state index in [4.69, 9.17) is 4.74 Å². The Kier molecular flexibility index (Phi) is 5.23. The summed E-state index contributed by atoms with van der Waals surface area (Å²) in [5, 5.41) is 11.7. The lowest BCUT2D eigenvalue weighted by Gasteiger charge is -2.36. The Hall–Kier alpha value is -3.35. The number of rotatable bonds is 5. The van der Waals surface area contributed by atoms with Gasteiger partial charge < -0.3 is 19.9 Å². The first-order chi connectivity index (χ1) is 13.7. The lowest BCUT2D eigenvalue weighted by molar-refractivity contribution is 0.413. The van der Waals surface area contributed by atoms with Crippen LogP contribution in [-0.2, 0) is 0 Å². The fourth-order valence-corrected chi connectivity index (χ4v) is 3.38. The van der Waals surface area contributed by atoms with E-state index in [2.05, 4.69) is 49.4 Å². The number of hydrogen-bond acceptors (Lipinski definition) is 7. The monoisotopic (exact) mass is 376 g/mol. The van der Waals surface area contributed by atoms with Crippen LogP contribution >= 0.6 is 0 Å². The average Bonchev–Trinajstić information content (AvgIpc) is 2.76. The third-order valence-corrected chi connectivity index (χ3v) is 4.94. The van der Waals surface area contributed by atoms with Gasteiger partial charge in [-0.15, -0.1) is 5.10 Å². The van der Waals surface area contributed by atoms with Gasteiger partial charge in [-0.2, -0.15) is 10.1 Å². The SMILES string of the molecule is COc1ccccc1N1CCN(c2nncc(Nc3ccccc3C)n2)CC1. The first-order valence-corrected chi connectivity index (χ1v) is 9.40. The van der Waals surface area contributed by atoms with Gasteiger partial charge in [-0.1, -0.05) is 30.3 Å². The van der Waals surface area contributed by atoms with Crippen LogP contribution in [0.2, 0.25) is 0 Å². The first-order valence-electron chi connectivity index (χ1n) is 9.40. The summed E-state index contributed by atoms with van der Waals surface area (Å²) in [6.07, 6.45) is 1.65. The molecule has 1 saturated heterocycles. The summed E-state index contributed by atoms with van der Waals surface area (Å²) in [7, 11) is 1.71. The molecule has 0 saturated carbocycles. The van der Waals surface area contributed by atoms with Crippen LogP contribution in [0.5, 0.6) is 5.75 Å².